The molecule has 0 fully saturated rings. The zero-order chi connectivity index (χ0) is 25.2. The first-order valence-corrected chi connectivity index (χ1v) is 10.4. The van der Waals surface area contributed by atoms with Crippen molar-refractivity contribution in [2.24, 2.45) is 0 Å². The quantitative estimate of drug-likeness (QED) is 0.413. The first kappa shape index (κ1) is 24.9. The average Bonchev–Trinajstić information content (AvgIpc) is 2.90. The highest BCUT2D eigenvalue weighted by Gasteiger charge is 2.13. The number of amides is 1. The standard InChI is InChI=1S/C27H23NO7/c1-32-23-13-12-20(16-24(23)35-17-25(29)33-2)26(30)28-22-9-5-7-19(15-22)11-10-18-6-4-8-21(14-18)27(31)34-3/h4-9,12-16H,17H2,1-3H3,(H,28,30). The molecule has 0 aliphatic rings. The molecule has 0 bridgehead atoms. The van der Waals surface area contributed by atoms with E-state index in [4.69, 9.17) is 14.2 Å². The van der Waals surface area contributed by atoms with E-state index >= 15 is 0 Å². The summed E-state index contributed by atoms with van der Waals surface area (Å²) in [7, 11) is 4.03. The third-order valence-electron chi connectivity index (χ3n) is 4.75. The van der Waals surface area contributed by atoms with E-state index in [1.165, 1.54) is 27.4 Å². The molecular formula is C27H23NO7. The molecule has 8 heteroatoms. The second kappa shape index (κ2) is 11.9. The molecule has 0 radical (unpaired) electrons. The summed E-state index contributed by atoms with van der Waals surface area (Å²) < 4.78 is 19.9. The number of ether oxygens (including phenoxy) is 4. The van der Waals surface area contributed by atoms with Crippen LogP contribution in [0.4, 0.5) is 5.69 Å². The average molecular weight is 473 g/mol. The molecule has 0 heterocycles. The molecule has 0 aliphatic carbocycles. The van der Waals surface area contributed by atoms with E-state index in [1.54, 1.807) is 60.7 Å². The van der Waals surface area contributed by atoms with Gasteiger partial charge >= 0.3 is 11.9 Å². The van der Waals surface area contributed by atoms with Gasteiger partial charge < -0.3 is 24.3 Å². The summed E-state index contributed by atoms with van der Waals surface area (Å²) in [6.07, 6.45) is 0. The van der Waals surface area contributed by atoms with Gasteiger partial charge in [0.2, 0.25) is 0 Å². The number of esters is 2. The first-order chi connectivity index (χ1) is 16.9. The molecule has 178 valence electrons. The van der Waals surface area contributed by atoms with Gasteiger partial charge in [0, 0.05) is 22.4 Å². The molecule has 3 aromatic carbocycles. The summed E-state index contributed by atoms with van der Waals surface area (Å²) >= 11 is 0. The van der Waals surface area contributed by atoms with E-state index in [-0.39, 0.29) is 18.3 Å². The van der Waals surface area contributed by atoms with E-state index in [9.17, 15) is 14.4 Å². The van der Waals surface area contributed by atoms with E-state index in [0.29, 0.717) is 33.7 Å². The molecule has 1 N–H and O–H groups in total. The Hall–Kier alpha value is -4.77. The number of hydrogen-bond acceptors (Lipinski definition) is 7. The Morgan fingerprint density at radius 1 is 0.771 bits per heavy atom. The molecule has 35 heavy (non-hydrogen) atoms. The number of rotatable bonds is 7. The van der Waals surface area contributed by atoms with Gasteiger partial charge in [-0.3, -0.25) is 4.79 Å². The molecule has 0 aliphatic heterocycles. The maximum Gasteiger partial charge on any atom is 0.343 e. The first-order valence-electron chi connectivity index (χ1n) is 10.4. The van der Waals surface area contributed by atoms with Crippen LogP contribution in [0.1, 0.15) is 31.8 Å². The van der Waals surface area contributed by atoms with Crippen molar-refractivity contribution >= 4 is 23.5 Å². The van der Waals surface area contributed by atoms with Gasteiger partial charge in [0.05, 0.1) is 26.9 Å². The maximum atomic E-state index is 12.8. The fourth-order valence-corrected chi connectivity index (χ4v) is 2.99. The van der Waals surface area contributed by atoms with Crippen LogP contribution in [0.5, 0.6) is 11.5 Å². The van der Waals surface area contributed by atoms with Crippen LogP contribution < -0.4 is 14.8 Å². The van der Waals surface area contributed by atoms with Gasteiger partial charge in [0.15, 0.2) is 18.1 Å². The van der Waals surface area contributed by atoms with Crippen molar-refractivity contribution in [1.82, 2.24) is 0 Å². The van der Waals surface area contributed by atoms with Crippen LogP contribution in [-0.2, 0) is 14.3 Å². The maximum absolute atomic E-state index is 12.8. The number of hydrogen-bond donors (Lipinski definition) is 1. The lowest BCUT2D eigenvalue weighted by Crippen LogP contribution is -2.15. The molecule has 0 spiro atoms. The molecule has 0 saturated heterocycles. The Morgan fingerprint density at radius 3 is 2.17 bits per heavy atom. The number of carbonyl (C=O) groups excluding carboxylic acids is 3. The number of carbonyl (C=O) groups is 3. The third-order valence-corrected chi connectivity index (χ3v) is 4.75. The van der Waals surface area contributed by atoms with Gasteiger partial charge in [-0.1, -0.05) is 24.0 Å². The van der Waals surface area contributed by atoms with Crippen molar-refractivity contribution in [3.63, 3.8) is 0 Å². The smallest absolute Gasteiger partial charge is 0.343 e. The van der Waals surface area contributed by atoms with Crippen molar-refractivity contribution in [1.29, 1.82) is 0 Å². The highest BCUT2D eigenvalue weighted by molar-refractivity contribution is 6.04. The van der Waals surface area contributed by atoms with Gasteiger partial charge in [-0.15, -0.1) is 0 Å². The Kier molecular flexibility index (Phi) is 8.46. The van der Waals surface area contributed by atoms with Gasteiger partial charge in [-0.05, 0) is 54.6 Å². The number of benzene rings is 3. The minimum atomic E-state index is -0.558. The molecule has 8 nitrogen and oxygen atoms in total. The second-order valence-electron chi connectivity index (χ2n) is 7.09. The molecule has 0 atom stereocenters. The van der Waals surface area contributed by atoms with Crippen LogP contribution in [-0.4, -0.2) is 45.8 Å². The molecule has 3 aromatic rings. The van der Waals surface area contributed by atoms with Crippen molar-refractivity contribution in [3.8, 4) is 23.3 Å². The van der Waals surface area contributed by atoms with Gasteiger partial charge in [0.25, 0.3) is 5.91 Å². The summed E-state index contributed by atoms with van der Waals surface area (Å²) in [5.74, 6) is 5.26. The summed E-state index contributed by atoms with van der Waals surface area (Å²) in [5.41, 5.74) is 2.58. The van der Waals surface area contributed by atoms with Crippen molar-refractivity contribution in [2.45, 2.75) is 0 Å². The minimum absolute atomic E-state index is 0.236. The fourth-order valence-electron chi connectivity index (χ4n) is 2.99. The molecule has 3 rings (SSSR count). The highest BCUT2D eigenvalue weighted by atomic mass is 16.6. The van der Waals surface area contributed by atoms with Crippen molar-refractivity contribution < 1.29 is 33.3 Å². The largest absolute Gasteiger partial charge is 0.493 e. The Bertz CT molecular complexity index is 1300. The summed E-state index contributed by atoms with van der Waals surface area (Å²) in [6, 6.07) is 18.5. The van der Waals surface area contributed by atoms with Crippen LogP contribution in [0.25, 0.3) is 0 Å². The van der Waals surface area contributed by atoms with Gasteiger partial charge in [-0.2, -0.15) is 0 Å². The zero-order valence-electron chi connectivity index (χ0n) is 19.4. The number of anilines is 1. The van der Waals surface area contributed by atoms with E-state index in [1.807, 2.05) is 0 Å². The Balaban J connectivity index is 1.75. The van der Waals surface area contributed by atoms with Gasteiger partial charge in [0.1, 0.15) is 0 Å². The topological polar surface area (TPSA) is 100 Å². The fraction of sp³-hybridized carbons (Fsp3) is 0.148. The Labute approximate surface area is 202 Å². The minimum Gasteiger partial charge on any atom is -0.493 e. The molecule has 0 saturated carbocycles. The van der Waals surface area contributed by atoms with Crippen LogP contribution in [0.3, 0.4) is 0 Å². The molecule has 0 aromatic heterocycles. The summed E-state index contributed by atoms with van der Waals surface area (Å²) in [5, 5.41) is 2.81. The lowest BCUT2D eigenvalue weighted by Gasteiger charge is -2.12. The summed E-state index contributed by atoms with van der Waals surface area (Å²) in [4.78, 5) is 35.9. The monoisotopic (exact) mass is 473 g/mol. The highest BCUT2D eigenvalue weighted by Crippen LogP contribution is 2.28. The lowest BCUT2D eigenvalue weighted by atomic mass is 10.1. The second-order valence-corrected chi connectivity index (χ2v) is 7.09. The number of nitrogens with one attached hydrogen (secondary N) is 1. The normalized spacial score (nSPS) is 9.80. The third kappa shape index (κ3) is 6.85. The van der Waals surface area contributed by atoms with Crippen LogP contribution >= 0.6 is 0 Å². The van der Waals surface area contributed by atoms with Gasteiger partial charge in [-0.25, -0.2) is 9.59 Å². The predicted molar refractivity (Wildman–Crippen MR) is 129 cm³/mol. The molecule has 1 amide bonds. The van der Waals surface area contributed by atoms with E-state index < -0.39 is 11.9 Å². The molecule has 0 unspecified atom stereocenters. The SMILES string of the molecule is COC(=O)COc1cc(C(=O)Nc2cccc(C#Cc3cccc(C(=O)OC)c3)c2)ccc1OC. The van der Waals surface area contributed by atoms with Crippen LogP contribution in [0.15, 0.2) is 66.7 Å². The summed E-state index contributed by atoms with van der Waals surface area (Å²) in [6.45, 7) is -0.318. The van der Waals surface area contributed by atoms with Crippen LogP contribution in [0.2, 0.25) is 0 Å². The van der Waals surface area contributed by atoms with Crippen molar-refractivity contribution in [3.05, 3.63) is 89.0 Å². The zero-order valence-corrected chi connectivity index (χ0v) is 19.4. The lowest BCUT2D eigenvalue weighted by molar-refractivity contribution is -0.142. The number of methoxy groups -OCH3 is 3. The van der Waals surface area contributed by atoms with Crippen LogP contribution in [0, 0.1) is 11.8 Å². The van der Waals surface area contributed by atoms with E-state index in [2.05, 4.69) is 21.9 Å². The van der Waals surface area contributed by atoms with E-state index in [0.717, 1.165) is 0 Å². The Morgan fingerprint density at radius 2 is 1.49 bits per heavy atom. The molecular weight excluding hydrogens is 450 g/mol. The predicted octanol–water partition coefficient (Wildman–Crippen LogP) is 3.69. The van der Waals surface area contributed by atoms with Crippen molar-refractivity contribution in [2.75, 3.05) is 33.3 Å².